The second-order valence-electron chi connectivity index (χ2n) is 3.68. The number of hydrogen-bond donors (Lipinski definition) is 2. The SMILES string of the molecule is OCC(Nc1ccc(Cl)c(Br)c1)c1cc(Br)cs1. The number of rotatable bonds is 4. The van der Waals surface area contributed by atoms with E-state index < -0.39 is 0 Å². The van der Waals surface area contributed by atoms with Crippen LogP contribution in [0.15, 0.2) is 38.6 Å². The summed E-state index contributed by atoms with van der Waals surface area (Å²) in [5.41, 5.74) is 0.912. The van der Waals surface area contributed by atoms with E-state index in [1.807, 2.05) is 29.6 Å². The van der Waals surface area contributed by atoms with E-state index in [-0.39, 0.29) is 12.6 Å². The third kappa shape index (κ3) is 3.48. The monoisotopic (exact) mass is 409 g/mol. The van der Waals surface area contributed by atoms with Crippen LogP contribution in [0.1, 0.15) is 10.9 Å². The third-order valence-corrected chi connectivity index (χ3v) is 5.40. The summed E-state index contributed by atoms with van der Waals surface area (Å²) >= 11 is 14.3. The van der Waals surface area contributed by atoms with Gasteiger partial charge < -0.3 is 10.4 Å². The molecule has 6 heteroatoms. The molecule has 0 saturated heterocycles. The molecule has 2 rings (SSSR count). The van der Waals surface area contributed by atoms with Crippen molar-refractivity contribution in [3.8, 4) is 0 Å². The predicted octanol–water partition coefficient (Wildman–Crippen LogP) is 5.07. The van der Waals surface area contributed by atoms with Crippen LogP contribution in [-0.4, -0.2) is 11.7 Å². The first-order valence-corrected chi connectivity index (χ1v) is 8.01. The van der Waals surface area contributed by atoms with Crippen molar-refractivity contribution >= 4 is 60.5 Å². The molecule has 1 atom stereocenters. The molecule has 1 aromatic heterocycles. The molecule has 0 spiro atoms. The summed E-state index contributed by atoms with van der Waals surface area (Å²) in [5.74, 6) is 0. The standard InChI is InChI=1S/C12H10Br2ClNOS/c13-7-3-12(18-6-7)11(5-17)16-8-1-2-10(15)9(14)4-8/h1-4,6,11,16-17H,5H2. The van der Waals surface area contributed by atoms with Crippen molar-refractivity contribution in [2.45, 2.75) is 6.04 Å². The Morgan fingerprint density at radius 3 is 2.67 bits per heavy atom. The van der Waals surface area contributed by atoms with Gasteiger partial charge in [-0.05, 0) is 56.1 Å². The van der Waals surface area contributed by atoms with Gasteiger partial charge in [0.25, 0.3) is 0 Å². The van der Waals surface area contributed by atoms with Gasteiger partial charge >= 0.3 is 0 Å². The lowest BCUT2D eigenvalue weighted by Crippen LogP contribution is -2.13. The zero-order chi connectivity index (χ0) is 13.1. The van der Waals surface area contributed by atoms with Crippen molar-refractivity contribution in [1.82, 2.24) is 0 Å². The summed E-state index contributed by atoms with van der Waals surface area (Å²) in [5, 5.41) is 15.4. The molecule has 2 nitrogen and oxygen atoms in total. The summed E-state index contributed by atoms with van der Waals surface area (Å²) in [6.07, 6.45) is 0. The van der Waals surface area contributed by atoms with Crippen LogP contribution in [0.2, 0.25) is 5.02 Å². The molecule has 0 aliphatic rings. The van der Waals surface area contributed by atoms with Crippen LogP contribution >= 0.6 is 54.8 Å². The fraction of sp³-hybridized carbons (Fsp3) is 0.167. The Bertz CT molecular complexity index is 547. The second kappa shape index (κ2) is 6.39. The highest BCUT2D eigenvalue weighted by molar-refractivity contribution is 9.10. The number of nitrogens with one attached hydrogen (secondary N) is 1. The van der Waals surface area contributed by atoms with E-state index >= 15 is 0 Å². The van der Waals surface area contributed by atoms with E-state index in [2.05, 4.69) is 37.2 Å². The Balaban J connectivity index is 2.17. The van der Waals surface area contributed by atoms with Crippen molar-refractivity contribution in [2.75, 3.05) is 11.9 Å². The van der Waals surface area contributed by atoms with Gasteiger partial charge in [0.1, 0.15) is 0 Å². The minimum Gasteiger partial charge on any atom is -0.394 e. The summed E-state index contributed by atoms with van der Waals surface area (Å²) in [6, 6.07) is 7.48. The molecule has 0 amide bonds. The number of anilines is 1. The molecular formula is C12H10Br2ClNOS. The Labute approximate surface area is 131 Å². The van der Waals surface area contributed by atoms with Crippen LogP contribution in [0, 0.1) is 0 Å². The highest BCUT2D eigenvalue weighted by Gasteiger charge is 2.13. The van der Waals surface area contributed by atoms with Crippen LogP contribution in [0.25, 0.3) is 0 Å². The van der Waals surface area contributed by atoms with Crippen LogP contribution in [0.4, 0.5) is 5.69 Å². The Hall–Kier alpha value is -0.0700. The topological polar surface area (TPSA) is 32.3 Å². The zero-order valence-electron chi connectivity index (χ0n) is 9.16. The van der Waals surface area contributed by atoms with E-state index in [1.165, 1.54) is 0 Å². The number of aliphatic hydroxyl groups is 1. The van der Waals surface area contributed by atoms with Gasteiger partial charge in [0.15, 0.2) is 0 Å². The fourth-order valence-corrected chi connectivity index (χ4v) is 3.49. The Morgan fingerprint density at radius 1 is 1.33 bits per heavy atom. The van der Waals surface area contributed by atoms with Gasteiger partial charge in [0.05, 0.1) is 17.7 Å². The van der Waals surface area contributed by atoms with Gasteiger partial charge in [-0.15, -0.1) is 11.3 Å². The highest BCUT2D eigenvalue weighted by atomic mass is 79.9. The van der Waals surface area contributed by atoms with Crippen molar-refractivity contribution in [2.24, 2.45) is 0 Å². The summed E-state index contributed by atoms with van der Waals surface area (Å²) in [4.78, 5) is 1.08. The Morgan fingerprint density at radius 2 is 2.11 bits per heavy atom. The molecule has 0 aliphatic carbocycles. The minimum absolute atomic E-state index is 0.0349. The fourth-order valence-electron chi connectivity index (χ4n) is 1.50. The van der Waals surface area contributed by atoms with E-state index in [0.29, 0.717) is 5.02 Å². The first-order chi connectivity index (χ1) is 8.60. The first-order valence-electron chi connectivity index (χ1n) is 5.16. The highest BCUT2D eigenvalue weighted by Crippen LogP contribution is 2.30. The molecule has 96 valence electrons. The molecule has 0 bridgehead atoms. The normalized spacial score (nSPS) is 12.4. The summed E-state index contributed by atoms with van der Waals surface area (Å²) in [7, 11) is 0. The molecule has 0 fully saturated rings. The zero-order valence-corrected chi connectivity index (χ0v) is 13.9. The number of thiophene rings is 1. The summed E-state index contributed by atoms with van der Waals surface area (Å²) < 4.78 is 1.86. The quantitative estimate of drug-likeness (QED) is 0.736. The van der Waals surface area contributed by atoms with Gasteiger partial charge in [0, 0.05) is 24.9 Å². The average Bonchev–Trinajstić information content (AvgIpc) is 2.77. The maximum Gasteiger partial charge on any atom is 0.0838 e. The van der Waals surface area contributed by atoms with Crippen molar-refractivity contribution < 1.29 is 5.11 Å². The average molecular weight is 412 g/mol. The number of aliphatic hydroxyl groups excluding tert-OH is 1. The minimum atomic E-state index is -0.116. The van der Waals surface area contributed by atoms with E-state index in [9.17, 15) is 5.11 Å². The lowest BCUT2D eigenvalue weighted by Gasteiger charge is -2.16. The smallest absolute Gasteiger partial charge is 0.0838 e. The van der Waals surface area contributed by atoms with Crippen LogP contribution in [0.5, 0.6) is 0 Å². The van der Waals surface area contributed by atoms with Gasteiger partial charge in [0.2, 0.25) is 0 Å². The van der Waals surface area contributed by atoms with Crippen molar-refractivity contribution in [3.05, 3.63) is 48.5 Å². The molecule has 1 heterocycles. The molecule has 0 aliphatic heterocycles. The van der Waals surface area contributed by atoms with Gasteiger partial charge in [-0.3, -0.25) is 0 Å². The van der Waals surface area contributed by atoms with E-state index in [4.69, 9.17) is 11.6 Å². The van der Waals surface area contributed by atoms with Gasteiger partial charge in [-0.1, -0.05) is 11.6 Å². The molecular weight excluding hydrogens is 401 g/mol. The first kappa shape index (κ1) is 14.3. The second-order valence-corrected chi connectivity index (χ2v) is 6.80. The van der Waals surface area contributed by atoms with Gasteiger partial charge in [-0.25, -0.2) is 0 Å². The number of benzene rings is 1. The molecule has 0 saturated carbocycles. The lowest BCUT2D eigenvalue weighted by molar-refractivity contribution is 0.278. The molecule has 2 N–H and O–H groups in total. The van der Waals surface area contributed by atoms with Crippen LogP contribution in [0.3, 0.4) is 0 Å². The predicted molar refractivity (Wildman–Crippen MR) is 84.6 cm³/mol. The maximum absolute atomic E-state index is 9.47. The molecule has 1 aromatic carbocycles. The van der Waals surface area contributed by atoms with Crippen molar-refractivity contribution in [3.63, 3.8) is 0 Å². The van der Waals surface area contributed by atoms with E-state index in [0.717, 1.165) is 19.5 Å². The molecule has 18 heavy (non-hydrogen) atoms. The van der Waals surface area contributed by atoms with Gasteiger partial charge in [-0.2, -0.15) is 0 Å². The largest absolute Gasteiger partial charge is 0.394 e. The van der Waals surface area contributed by atoms with Crippen molar-refractivity contribution in [1.29, 1.82) is 0 Å². The molecule has 2 aromatic rings. The lowest BCUT2D eigenvalue weighted by atomic mass is 10.2. The maximum atomic E-state index is 9.47. The molecule has 0 radical (unpaired) electrons. The third-order valence-electron chi connectivity index (χ3n) is 2.37. The van der Waals surface area contributed by atoms with E-state index in [1.54, 1.807) is 11.3 Å². The summed E-state index contributed by atoms with van der Waals surface area (Å²) in [6.45, 7) is 0.0349. The Kier molecular flexibility index (Phi) is 5.09. The number of halogens is 3. The van der Waals surface area contributed by atoms with Crippen LogP contribution < -0.4 is 5.32 Å². The number of hydrogen-bond acceptors (Lipinski definition) is 3. The van der Waals surface area contributed by atoms with Crippen LogP contribution in [-0.2, 0) is 0 Å². The molecule has 1 unspecified atom stereocenters.